The van der Waals surface area contributed by atoms with Crippen LogP contribution in [0.3, 0.4) is 0 Å². The molecule has 0 saturated heterocycles. The Morgan fingerprint density at radius 3 is 2.78 bits per heavy atom. The van der Waals surface area contributed by atoms with Crippen LogP contribution in [0.5, 0.6) is 0 Å². The molecule has 0 spiro atoms. The van der Waals surface area contributed by atoms with Gasteiger partial charge in [-0.25, -0.2) is 4.98 Å². The summed E-state index contributed by atoms with van der Waals surface area (Å²) in [6.07, 6.45) is 0. The molecule has 0 saturated carbocycles. The summed E-state index contributed by atoms with van der Waals surface area (Å²) in [5, 5.41) is 5.04. The summed E-state index contributed by atoms with van der Waals surface area (Å²) in [4.78, 5) is 16.5. The highest BCUT2D eigenvalue weighted by Gasteiger charge is 2.15. The molecule has 3 nitrogen and oxygen atoms in total. The molecule has 0 aliphatic carbocycles. The van der Waals surface area contributed by atoms with Crippen LogP contribution < -0.4 is 5.32 Å². The Balaban J connectivity index is 2.31. The van der Waals surface area contributed by atoms with E-state index in [0.717, 1.165) is 10.0 Å². The van der Waals surface area contributed by atoms with E-state index in [2.05, 4.69) is 26.2 Å². The molecule has 0 unspecified atom stereocenters. The highest BCUT2D eigenvalue weighted by atomic mass is 79.9. The second-order valence-electron chi connectivity index (χ2n) is 3.48. The van der Waals surface area contributed by atoms with Crippen molar-refractivity contribution in [1.82, 2.24) is 4.98 Å². The minimum atomic E-state index is -0.231. The lowest BCUT2D eigenvalue weighted by atomic mass is 10.2. The lowest BCUT2D eigenvalue weighted by molar-refractivity contribution is 0.103. The number of hydrogen-bond acceptors (Lipinski definition) is 3. The number of anilines is 1. The number of aryl methyl sites for hydroxylation is 1. The molecular weight excluding hydrogens is 359 g/mol. The van der Waals surface area contributed by atoms with Crippen LogP contribution in [-0.4, -0.2) is 10.9 Å². The summed E-state index contributed by atoms with van der Waals surface area (Å²) in [6.45, 7) is 1.80. The highest BCUT2D eigenvalue weighted by molar-refractivity contribution is 9.10. The molecule has 2 rings (SSSR count). The number of pyridine rings is 1. The number of hydrogen-bond donors (Lipinski definition) is 1. The zero-order valence-corrected chi connectivity index (χ0v) is 13.0. The third-order valence-electron chi connectivity index (χ3n) is 2.20. The molecule has 18 heavy (non-hydrogen) atoms. The van der Waals surface area contributed by atoms with Gasteiger partial charge in [-0.1, -0.05) is 23.2 Å². The van der Waals surface area contributed by atoms with Crippen molar-refractivity contribution in [2.24, 2.45) is 0 Å². The third-order valence-corrected chi connectivity index (χ3v) is 4.51. The van der Waals surface area contributed by atoms with E-state index >= 15 is 0 Å². The molecule has 2 aromatic rings. The van der Waals surface area contributed by atoms with Crippen molar-refractivity contribution in [3.05, 3.63) is 42.7 Å². The quantitative estimate of drug-likeness (QED) is 0.778. The maximum absolute atomic E-state index is 12.0. The zero-order chi connectivity index (χ0) is 13.3. The summed E-state index contributed by atoms with van der Waals surface area (Å²) in [5.41, 5.74) is 1.24. The molecule has 1 N–H and O–H groups in total. The van der Waals surface area contributed by atoms with Crippen molar-refractivity contribution >= 4 is 62.1 Å². The number of thiophene rings is 1. The van der Waals surface area contributed by atoms with E-state index in [4.69, 9.17) is 23.2 Å². The van der Waals surface area contributed by atoms with E-state index in [1.165, 1.54) is 11.3 Å². The number of nitrogens with one attached hydrogen (secondary N) is 1. The number of halogens is 3. The Morgan fingerprint density at radius 2 is 2.22 bits per heavy atom. The molecule has 0 aliphatic heterocycles. The van der Waals surface area contributed by atoms with E-state index in [0.29, 0.717) is 15.7 Å². The zero-order valence-electron chi connectivity index (χ0n) is 9.13. The van der Waals surface area contributed by atoms with E-state index in [-0.39, 0.29) is 11.1 Å². The highest BCUT2D eigenvalue weighted by Crippen LogP contribution is 2.29. The number of nitrogens with zero attached hydrogens (tertiary/aromatic N) is 1. The largest absolute Gasteiger partial charge is 0.318 e. The number of aromatic nitrogens is 1. The molecule has 0 atom stereocenters. The Morgan fingerprint density at radius 1 is 1.50 bits per heavy atom. The Labute approximate surface area is 126 Å². The summed E-state index contributed by atoms with van der Waals surface area (Å²) in [5.74, 6) is -0.231. The van der Waals surface area contributed by atoms with Crippen LogP contribution in [0.25, 0.3) is 0 Å². The third kappa shape index (κ3) is 2.85. The van der Waals surface area contributed by atoms with Crippen LogP contribution >= 0.6 is 50.5 Å². The topological polar surface area (TPSA) is 42.0 Å². The van der Waals surface area contributed by atoms with E-state index in [9.17, 15) is 4.79 Å². The fraction of sp³-hybridized carbons (Fsp3) is 0.0909. The Hall–Kier alpha value is -0.620. The minimum Gasteiger partial charge on any atom is -0.318 e. The summed E-state index contributed by atoms with van der Waals surface area (Å²) in [7, 11) is 0. The van der Waals surface area contributed by atoms with E-state index in [1.54, 1.807) is 13.0 Å². The first-order valence-electron chi connectivity index (χ1n) is 4.86. The number of amides is 1. The first kappa shape index (κ1) is 13.8. The Bertz CT molecular complexity index is 592. The fourth-order valence-electron chi connectivity index (χ4n) is 1.37. The predicted molar refractivity (Wildman–Crippen MR) is 79.0 cm³/mol. The van der Waals surface area contributed by atoms with Crippen LogP contribution in [0.2, 0.25) is 10.3 Å². The maximum atomic E-state index is 12.0. The van der Waals surface area contributed by atoms with Crippen molar-refractivity contribution in [3.63, 3.8) is 0 Å². The molecule has 7 heteroatoms. The van der Waals surface area contributed by atoms with Gasteiger partial charge in [-0.3, -0.25) is 4.79 Å². The molecule has 0 bridgehead atoms. The first-order valence-corrected chi connectivity index (χ1v) is 7.29. The van der Waals surface area contributed by atoms with Gasteiger partial charge in [0.05, 0.1) is 5.69 Å². The molecular formula is C11H7BrCl2N2OS. The molecule has 1 amide bonds. The molecule has 0 aliphatic rings. The fourth-order valence-corrected chi connectivity index (χ4v) is 3.40. The van der Waals surface area contributed by atoms with Crippen molar-refractivity contribution in [1.29, 1.82) is 0 Å². The van der Waals surface area contributed by atoms with E-state index < -0.39 is 0 Å². The van der Waals surface area contributed by atoms with Crippen LogP contribution in [0.15, 0.2) is 22.0 Å². The van der Waals surface area contributed by atoms with Gasteiger partial charge in [-0.15, -0.1) is 11.3 Å². The monoisotopic (exact) mass is 364 g/mol. The maximum Gasteiger partial charge on any atom is 0.266 e. The minimum absolute atomic E-state index is 0.182. The molecule has 0 aromatic carbocycles. The first-order chi connectivity index (χ1) is 8.49. The summed E-state index contributed by atoms with van der Waals surface area (Å²) < 4.78 is 0.751. The second kappa shape index (κ2) is 5.57. The van der Waals surface area contributed by atoms with Crippen molar-refractivity contribution in [2.75, 3.05) is 5.32 Å². The van der Waals surface area contributed by atoms with Crippen LogP contribution in [0.4, 0.5) is 5.69 Å². The molecule has 0 radical (unpaired) electrons. The molecule has 94 valence electrons. The van der Waals surface area contributed by atoms with Gasteiger partial charge >= 0.3 is 0 Å². The standard InChI is InChI=1S/C11H7BrCl2N2OS/c1-5-4-7(13)15-10(14)8(5)16-11(17)9-6(12)2-3-18-9/h2-4H,1H3,(H,16,17). The van der Waals surface area contributed by atoms with Gasteiger partial charge < -0.3 is 5.32 Å². The van der Waals surface area contributed by atoms with Crippen molar-refractivity contribution in [2.45, 2.75) is 6.92 Å². The second-order valence-corrected chi connectivity index (χ2v) is 6.00. The van der Waals surface area contributed by atoms with Gasteiger partial charge in [0.2, 0.25) is 0 Å². The molecule has 2 heterocycles. The average molecular weight is 366 g/mol. The van der Waals surface area contributed by atoms with Crippen molar-refractivity contribution < 1.29 is 4.79 Å². The molecule has 2 aromatic heterocycles. The summed E-state index contributed by atoms with van der Waals surface area (Å²) in [6, 6.07) is 3.46. The lowest BCUT2D eigenvalue weighted by Crippen LogP contribution is -2.12. The van der Waals surface area contributed by atoms with Gasteiger partial charge in [-0.2, -0.15) is 0 Å². The van der Waals surface area contributed by atoms with E-state index in [1.807, 2.05) is 11.4 Å². The van der Waals surface area contributed by atoms with Gasteiger partial charge in [-0.05, 0) is 45.9 Å². The number of rotatable bonds is 2. The van der Waals surface area contributed by atoms with Gasteiger partial charge in [0.15, 0.2) is 5.15 Å². The van der Waals surface area contributed by atoms with Crippen LogP contribution in [0.1, 0.15) is 15.2 Å². The van der Waals surface area contributed by atoms with Crippen molar-refractivity contribution in [3.8, 4) is 0 Å². The summed E-state index contributed by atoms with van der Waals surface area (Å²) >= 11 is 16.4. The Kier molecular flexibility index (Phi) is 4.27. The lowest BCUT2D eigenvalue weighted by Gasteiger charge is -2.09. The van der Waals surface area contributed by atoms with Crippen LogP contribution in [0, 0.1) is 6.92 Å². The van der Waals surface area contributed by atoms with Crippen LogP contribution in [-0.2, 0) is 0 Å². The SMILES string of the molecule is Cc1cc(Cl)nc(Cl)c1NC(=O)c1sccc1Br. The number of carbonyl (C=O) groups is 1. The predicted octanol–water partition coefficient (Wildman–Crippen LogP) is 4.77. The smallest absolute Gasteiger partial charge is 0.266 e. The molecule has 0 fully saturated rings. The normalized spacial score (nSPS) is 10.4. The van der Waals surface area contributed by atoms with Gasteiger partial charge in [0.1, 0.15) is 10.0 Å². The van der Waals surface area contributed by atoms with Gasteiger partial charge in [0.25, 0.3) is 5.91 Å². The number of carbonyl (C=O) groups excluding carboxylic acids is 1. The van der Waals surface area contributed by atoms with Gasteiger partial charge in [0, 0.05) is 4.47 Å². The average Bonchev–Trinajstić information content (AvgIpc) is 2.69.